The SMILES string of the molecule is CCO[Si](OCC)(OCCC(CC)O[Si](OCC)(OCC)c1c2ccccc2cc2ccccc12)c1c2ccccc2cc2ccccc12. The normalized spacial score (nSPS) is 13.2. The molecule has 0 spiro atoms. The van der Waals surface area contributed by atoms with Crippen LogP contribution in [0.2, 0.25) is 0 Å². The smallest absolute Gasteiger partial charge is 0.370 e. The molecule has 0 N–H and O–H groups in total. The minimum atomic E-state index is -3.45. The Morgan fingerprint density at radius 2 is 0.796 bits per heavy atom. The molecular formula is C41H48O6Si2. The van der Waals surface area contributed by atoms with Gasteiger partial charge in [0, 0.05) is 43.4 Å². The second-order valence-electron chi connectivity index (χ2n) is 12.0. The summed E-state index contributed by atoms with van der Waals surface area (Å²) in [7, 11) is -6.87. The first-order valence-corrected chi connectivity index (χ1v) is 21.2. The second kappa shape index (κ2) is 16.1. The molecule has 0 saturated heterocycles. The average molecular weight is 693 g/mol. The molecule has 0 aliphatic heterocycles. The zero-order valence-corrected chi connectivity index (χ0v) is 31.4. The summed E-state index contributed by atoms with van der Waals surface area (Å²) in [4.78, 5) is 0. The summed E-state index contributed by atoms with van der Waals surface area (Å²) in [6.07, 6.45) is 1.18. The Morgan fingerprint density at radius 3 is 1.16 bits per heavy atom. The predicted molar refractivity (Wildman–Crippen MR) is 206 cm³/mol. The monoisotopic (exact) mass is 692 g/mol. The van der Waals surface area contributed by atoms with Crippen molar-refractivity contribution < 1.29 is 26.6 Å². The van der Waals surface area contributed by atoms with E-state index in [2.05, 4.69) is 116 Å². The fraction of sp³-hybridized carbons (Fsp3) is 0.317. The molecule has 1 unspecified atom stereocenters. The van der Waals surface area contributed by atoms with Crippen molar-refractivity contribution in [1.82, 2.24) is 0 Å². The Morgan fingerprint density at radius 1 is 0.449 bits per heavy atom. The Balaban J connectivity index is 1.38. The standard InChI is InChI=1S/C41H48O6Si2/c1-6-35(47-49(44-9-4,45-10-5)41-38-25-17-13-21-33(38)30-34-22-14-18-26-39(34)41)27-28-46-48(42-7-2,43-8-3)40-36-23-15-11-19-31(36)29-32-20-12-16-24-37(32)40/h11-26,29-30,35H,6-10,27-28H2,1-5H3. The van der Waals surface area contributed by atoms with E-state index in [1.165, 1.54) is 0 Å². The second-order valence-corrected chi connectivity index (χ2v) is 16.9. The molecule has 0 heterocycles. The van der Waals surface area contributed by atoms with E-state index in [0.29, 0.717) is 39.5 Å². The lowest BCUT2D eigenvalue weighted by Crippen LogP contribution is -2.59. The van der Waals surface area contributed by atoms with Gasteiger partial charge < -0.3 is 26.6 Å². The van der Waals surface area contributed by atoms with E-state index in [-0.39, 0.29) is 6.10 Å². The Hall–Kier alpha value is -3.45. The highest BCUT2D eigenvalue weighted by Gasteiger charge is 2.49. The van der Waals surface area contributed by atoms with Gasteiger partial charge in [-0.05, 0) is 95.8 Å². The Bertz CT molecular complexity index is 1890. The van der Waals surface area contributed by atoms with E-state index in [1.807, 2.05) is 27.7 Å². The Kier molecular flexibility index (Phi) is 11.6. The third-order valence-corrected chi connectivity index (χ3v) is 15.2. The third kappa shape index (κ3) is 7.11. The zero-order valence-electron chi connectivity index (χ0n) is 29.4. The summed E-state index contributed by atoms with van der Waals surface area (Å²) < 4.78 is 40.9. The van der Waals surface area contributed by atoms with Gasteiger partial charge in [0.2, 0.25) is 0 Å². The molecule has 6 nitrogen and oxygen atoms in total. The zero-order chi connectivity index (χ0) is 34.3. The molecular weight excluding hydrogens is 645 g/mol. The fourth-order valence-electron chi connectivity index (χ4n) is 6.99. The fourth-order valence-corrected chi connectivity index (χ4v) is 13.2. The van der Waals surface area contributed by atoms with Crippen LogP contribution < -0.4 is 10.4 Å². The quantitative estimate of drug-likeness (QED) is 0.0705. The number of hydrogen-bond donors (Lipinski definition) is 0. The van der Waals surface area contributed by atoms with Crippen LogP contribution in [0, 0.1) is 0 Å². The highest BCUT2D eigenvalue weighted by atomic mass is 28.4. The van der Waals surface area contributed by atoms with Crippen LogP contribution in [-0.4, -0.2) is 56.7 Å². The van der Waals surface area contributed by atoms with Gasteiger partial charge in [0.1, 0.15) is 0 Å². The number of benzene rings is 6. The first kappa shape index (κ1) is 35.4. The molecule has 0 bridgehead atoms. The van der Waals surface area contributed by atoms with Gasteiger partial charge in [-0.1, -0.05) is 104 Å². The minimum Gasteiger partial charge on any atom is -0.370 e. The van der Waals surface area contributed by atoms with E-state index in [1.54, 1.807) is 0 Å². The van der Waals surface area contributed by atoms with Crippen molar-refractivity contribution in [2.45, 2.75) is 53.6 Å². The molecule has 6 rings (SSSR count). The van der Waals surface area contributed by atoms with Crippen LogP contribution in [0.15, 0.2) is 109 Å². The summed E-state index contributed by atoms with van der Waals surface area (Å²) in [5.41, 5.74) is 0. The lowest BCUT2D eigenvalue weighted by atomic mass is 10.0. The van der Waals surface area contributed by atoms with Gasteiger partial charge in [0.25, 0.3) is 0 Å². The molecule has 1 atom stereocenters. The minimum absolute atomic E-state index is 0.193. The lowest BCUT2D eigenvalue weighted by molar-refractivity contribution is 0.0255. The van der Waals surface area contributed by atoms with Crippen LogP contribution in [0.25, 0.3) is 43.1 Å². The van der Waals surface area contributed by atoms with Crippen molar-refractivity contribution in [2.75, 3.05) is 33.0 Å². The topological polar surface area (TPSA) is 55.4 Å². The van der Waals surface area contributed by atoms with Gasteiger partial charge in [-0.25, -0.2) is 0 Å². The van der Waals surface area contributed by atoms with Gasteiger partial charge in [-0.15, -0.1) is 0 Å². The van der Waals surface area contributed by atoms with E-state index in [0.717, 1.165) is 59.9 Å². The molecule has 0 radical (unpaired) electrons. The van der Waals surface area contributed by atoms with Gasteiger partial charge in [-0.3, -0.25) is 0 Å². The molecule has 6 aromatic rings. The third-order valence-electron chi connectivity index (χ3n) is 9.00. The molecule has 256 valence electrons. The summed E-state index contributed by atoms with van der Waals surface area (Å²) >= 11 is 0. The first-order chi connectivity index (χ1) is 24.0. The van der Waals surface area contributed by atoms with Crippen LogP contribution in [0.3, 0.4) is 0 Å². The molecule has 0 saturated carbocycles. The van der Waals surface area contributed by atoms with Crippen molar-refractivity contribution in [1.29, 1.82) is 0 Å². The van der Waals surface area contributed by atoms with Gasteiger partial charge in [-0.2, -0.15) is 0 Å². The maximum Gasteiger partial charge on any atom is 0.538 e. The number of rotatable bonds is 17. The number of fused-ring (bicyclic) bond motifs is 4. The molecule has 0 amide bonds. The maximum absolute atomic E-state index is 7.20. The number of hydrogen-bond acceptors (Lipinski definition) is 6. The molecule has 8 heteroatoms. The summed E-state index contributed by atoms with van der Waals surface area (Å²) in [6, 6.07) is 38.2. The highest BCUT2D eigenvalue weighted by Crippen LogP contribution is 2.30. The van der Waals surface area contributed by atoms with E-state index in [4.69, 9.17) is 26.6 Å². The van der Waals surface area contributed by atoms with Crippen molar-refractivity contribution in [3.63, 3.8) is 0 Å². The average Bonchev–Trinajstić information content (AvgIpc) is 3.12. The van der Waals surface area contributed by atoms with Crippen molar-refractivity contribution in [2.24, 2.45) is 0 Å². The molecule has 0 fully saturated rings. The largest absolute Gasteiger partial charge is 0.538 e. The van der Waals surface area contributed by atoms with Crippen molar-refractivity contribution in [3.8, 4) is 0 Å². The Labute approximate surface area is 292 Å². The van der Waals surface area contributed by atoms with Gasteiger partial charge >= 0.3 is 17.6 Å². The summed E-state index contributed by atoms with van der Waals surface area (Å²) in [5.74, 6) is 0. The van der Waals surface area contributed by atoms with Crippen LogP contribution in [0.4, 0.5) is 0 Å². The van der Waals surface area contributed by atoms with E-state index < -0.39 is 17.6 Å². The van der Waals surface area contributed by atoms with Crippen LogP contribution in [0.1, 0.15) is 47.5 Å². The first-order valence-electron chi connectivity index (χ1n) is 17.7. The highest BCUT2D eigenvalue weighted by molar-refractivity contribution is 6.81. The molecule has 0 aliphatic carbocycles. The summed E-state index contributed by atoms with van der Waals surface area (Å²) in [5, 5.41) is 11.0. The molecule has 49 heavy (non-hydrogen) atoms. The molecule has 0 aliphatic rings. The van der Waals surface area contributed by atoms with Gasteiger partial charge in [0.15, 0.2) is 0 Å². The van der Waals surface area contributed by atoms with Crippen molar-refractivity contribution in [3.05, 3.63) is 109 Å². The predicted octanol–water partition coefficient (Wildman–Crippen LogP) is 8.64. The van der Waals surface area contributed by atoms with Gasteiger partial charge in [0.05, 0.1) is 6.10 Å². The summed E-state index contributed by atoms with van der Waals surface area (Å²) in [6.45, 7) is 12.5. The lowest BCUT2D eigenvalue weighted by Gasteiger charge is -2.35. The van der Waals surface area contributed by atoms with Crippen LogP contribution in [-0.2, 0) is 26.6 Å². The van der Waals surface area contributed by atoms with E-state index in [9.17, 15) is 0 Å². The van der Waals surface area contributed by atoms with E-state index >= 15 is 0 Å². The molecule has 0 aromatic heterocycles. The van der Waals surface area contributed by atoms with Crippen LogP contribution >= 0.6 is 0 Å². The van der Waals surface area contributed by atoms with Crippen LogP contribution in [0.5, 0.6) is 0 Å². The maximum atomic E-state index is 7.20. The van der Waals surface area contributed by atoms with Crippen molar-refractivity contribution >= 4 is 71.1 Å². The molecule has 6 aromatic carbocycles.